The van der Waals surface area contributed by atoms with E-state index in [9.17, 15) is 4.79 Å². The quantitative estimate of drug-likeness (QED) is 0.641. The molecule has 0 spiro atoms. The number of nitrogens with zero attached hydrogens (tertiary/aromatic N) is 2. The Bertz CT molecular complexity index is 879. The second-order valence-electron chi connectivity index (χ2n) is 7.45. The second-order valence-corrected chi connectivity index (χ2v) is 8.26. The zero-order valence-corrected chi connectivity index (χ0v) is 17.1. The van der Waals surface area contributed by atoms with E-state index in [1.165, 1.54) is 32.1 Å². The molecule has 1 saturated carbocycles. The fraction of sp³-hybridized carbons (Fsp3) is 0.364. The molecule has 28 heavy (non-hydrogen) atoms. The highest BCUT2D eigenvalue weighted by Gasteiger charge is 2.37. The number of urea groups is 1. The summed E-state index contributed by atoms with van der Waals surface area (Å²) in [6.45, 7) is 0.852. The van der Waals surface area contributed by atoms with E-state index in [-0.39, 0.29) is 12.1 Å². The van der Waals surface area contributed by atoms with Crippen LogP contribution in [0.4, 0.5) is 10.5 Å². The zero-order valence-electron chi connectivity index (χ0n) is 15.6. The fourth-order valence-electron chi connectivity index (χ4n) is 4.06. The molecule has 4 nitrogen and oxygen atoms in total. The summed E-state index contributed by atoms with van der Waals surface area (Å²) in [6, 6.07) is 14.6. The van der Waals surface area contributed by atoms with Gasteiger partial charge >= 0.3 is 6.03 Å². The van der Waals surface area contributed by atoms with E-state index < -0.39 is 0 Å². The number of carbonyl (C=O) groups is 1. The Balaban J connectivity index is 1.62. The number of amidine groups is 1. The van der Waals surface area contributed by atoms with Gasteiger partial charge < -0.3 is 5.32 Å². The van der Waals surface area contributed by atoms with Gasteiger partial charge in [0.1, 0.15) is 11.9 Å². The van der Waals surface area contributed by atoms with E-state index in [1.54, 1.807) is 17.0 Å². The monoisotopic (exact) mass is 415 g/mol. The van der Waals surface area contributed by atoms with Gasteiger partial charge in [-0.1, -0.05) is 72.8 Å². The van der Waals surface area contributed by atoms with E-state index in [4.69, 9.17) is 23.2 Å². The lowest BCUT2D eigenvalue weighted by molar-refractivity contribution is 0.255. The second kappa shape index (κ2) is 8.54. The van der Waals surface area contributed by atoms with Crippen molar-refractivity contribution in [1.29, 1.82) is 0 Å². The minimum absolute atomic E-state index is 0.293. The van der Waals surface area contributed by atoms with Gasteiger partial charge in [-0.25, -0.2) is 4.79 Å². The van der Waals surface area contributed by atoms with Crippen LogP contribution < -0.4 is 10.2 Å². The number of nitrogens with one attached hydrogen (secondary N) is 1. The number of hydrogen-bond donors (Lipinski definition) is 1. The first-order valence-electron chi connectivity index (χ1n) is 9.79. The largest absolute Gasteiger partial charge is 0.371 e. The molecule has 2 aromatic carbocycles. The summed E-state index contributed by atoms with van der Waals surface area (Å²) >= 11 is 12.3. The van der Waals surface area contributed by atoms with Gasteiger partial charge in [-0.15, -0.1) is 0 Å². The van der Waals surface area contributed by atoms with Gasteiger partial charge in [0.05, 0.1) is 10.0 Å². The van der Waals surface area contributed by atoms with Crippen molar-refractivity contribution in [3.63, 3.8) is 0 Å². The third-order valence-electron chi connectivity index (χ3n) is 5.53. The maximum Gasteiger partial charge on any atom is 0.350 e. The van der Waals surface area contributed by atoms with Crippen LogP contribution in [0, 0.1) is 5.92 Å². The fourth-order valence-corrected chi connectivity index (χ4v) is 4.36. The standard InChI is InChI=1S/C22H23Cl2N3O/c23-18-12-11-17(13-19(18)24)27-20(16-9-5-2-6-10-16)21(26-22(27)28)25-14-15-7-3-1-4-8-15/h2,5-6,9-13,15,20H,1,3-4,7-8,14H2,(H,25,26,28). The molecule has 1 unspecified atom stereocenters. The van der Waals surface area contributed by atoms with Crippen LogP contribution in [-0.2, 0) is 0 Å². The maximum atomic E-state index is 12.8. The first-order chi connectivity index (χ1) is 13.6. The van der Waals surface area contributed by atoms with Crippen LogP contribution in [0.15, 0.2) is 53.5 Å². The molecule has 1 atom stereocenters. The lowest BCUT2D eigenvalue weighted by Gasteiger charge is -2.28. The molecule has 6 heteroatoms. The summed E-state index contributed by atoms with van der Waals surface area (Å²) in [4.78, 5) is 18.9. The summed E-state index contributed by atoms with van der Waals surface area (Å²) in [5, 5.41) is 4.37. The minimum Gasteiger partial charge on any atom is -0.371 e. The Labute approximate surface area is 175 Å². The van der Waals surface area contributed by atoms with Crippen molar-refractivity contribution in [3.8, 4) is 0 Å². The van der Waals surface area contributed by atoms with Gasteiger partial charge in [0.15, 0.2) is 0 Å². The van der Waals surface area contributed by atoms with Crippen molar-refractivity contribution in [2.75, 3.05) is 11.4 Å². The minimum atomic E-state index is -0.297. The highest BCUT2D eigenvalue weighted by atomic mass is 35.5. The molecule has 0 saturated heterocycles. The Kier molecular flexibility index (Phi) is 5.88. The average Bonchev–Trinajstić information content (AvgIpc) is 3.06. The van der Waals surface area contributed by atoms with Gasteiger partial charge in [-0.2, -0.15) is 4.99 Å². The third-order valence-corrected chi connectivity index (χ3v) is 6.27. The molecule has 1 aliphatic heterocycles. The summed E-state index contributed by atoms with van der Waals surface area (Å²) in [5.41, 5.74) is 1.70. The number of rotatable bonds is 4. The van der Waals surface area contributed by atoms with Crippen LogP contribution in [-0.4, -0.2) is 18.4 Å². The number of aliphatic imine (C=N–C) groups is 1. The molecular weight excluding hydrogens is 393 g/mol. The van der Waals surface area contributed by atoms with E-state index in [0.717, 1.165) is 12.1 Å². The van der Waals surface area contributed by atoms with Crippen molar-refractivity contribution < 1.29 is 4.79 Å². The van der Waals surface area contributed by atoms with Gasteiger partial charge in [0.25, 0.3) is 0 Å². The molecule has 2 amide bonds. The topological polar surface area (TPSA) is 44.7 Å². The summed E-state index contributed by atoms with van der Waals surface area (Å²) in [6.07, 6.45) is 6.37. The van der Waals surface area contributed by atoms with Crippen molar-refractivity contribution in [2.45, 2.75) is 38.1 Å². The highest BCUT2D eigenvalue weighted by molar-refractivity contribution is 6.42. The van der Waals surface area contributed by atoms with Crippen LogP contribution in [0.25, 0.3) is 0 Å². The number of hydrogen-bond acceptors (Lipinski definition) is 2. The van der Waals surface area contributed by atoms with E-state index in [2.05, 4.69) is 10.3 Å². The molecule has 0 bridgehead atoms. The van der Waals surface area contributed by atoms with Crippen LogP contribution in [0.5, 0.6) is 0 Å². The van der Waals surface area contributed by atoms with Crippen molar-refractivity contribution in [2.24, 2.45) is 10.9 Å². The predicted octanol–water partition coefficient (Wildman–Crippen LogP) is 6.24. The van der Waals surface area contributed by atoms with Crippen LogP contribution >= 0.6 is 23.2 Å². The maximum absolute atomic E-state index is 12.8. The molecule has 2 aromatic rings. The smallest absolute Gasteiger partial charge is 0.350 e. The summed E-state index contributed by atoms with van der Waals surface area (Å²) in [7, 11) is 0. The van der Waals surface area contributed by atoms with E-state index in [0.29, 0.717) is 27.5 Å². The summed E-state index contributed by atoms with van der Waals surface area (Å²) in [5.74, 6) is 1.34. The highest BCUT2D eigenvalue weighted by Crippen LogP contribution is 2.36. The van der Waals surface area contributed by atoms with Crippen LogP contribution in [0.2, 0.25) is 10.0 Å². The molecule has 1 N–H and O–H groups in total. The first-order valence-corrected chi connectivity index (χ1v) is 10.5. The molecule has 1 aliphatic carbocycles. The Morgan fingerprint density at radius 3 is 2.46 bits per heavy atom. The Morgan fingerprint density at radius 2 is 1.75 bits per heavy atom. The van der Waals surface area contributed by atoms with Crippen molar-refractivity contribution in [3.05, 3.63) is 64.1 Å². The molecule has 146 valence electrons. The molecular formula is C22H23Cl2N3O. The van der Waals surface area contributed by atoms with Gasteiger partial charge in [-0.3, -0.25) is 4.90 Å². The molecule has 4 rings (SSSR count). The van der Waals surface area contributed by atoms with Crippen molar-refractivity contribution in [1.82, 2.24) is 5.32 Å². The number of benzene rings is 2. The lowest BCUT2D eigenvalue weighted by atomic mass is 9.89. The normalized spacial score (nSPS) is 20.4. The number of carbonyl (C=O) groups excluding carboxylic acids is 1. The number of halogens is 2. The molecule has 1 fully saturated rings. The van der Waals surface area contributed by atoms with Gasteiger partial charge in [-0.05, 0) is 42.5 Å². The molecule has 0 radical (unpaired) electrons. The van der Waals surface area contributed by atoms with E-state index >= 15 is 0 Å². The molecule has 2 aliphatic rings. The van der Waals surface area contributed by atoms with Crippen molar-refractivity contribution >= 4 is 40.8 Å². The molecule has 0 aromatic heterocycles. The zero-order chi connectivity index (χ0) is 19.5. The SMILES string of the molecule is O=C1N=C(NCC2CCCCC2)C(c2ccccc2)N1c1ccc(Cl)c(Cl)c1. The Hall–Kier alpha value is -2.04. The van der Waals surface area contributed by atoms with Crippen LogP contribution in [0.1, 0.15) is 43.7 Å². The van der Waals surface area contributed by atoms with Gasteiger partial charge in [0, 0.05) is 12.2 Å². The average molecular weight is 416 g/mol. The Morgan fingerprint density at radius 1 is 1.00 bits per heavy atom. The van der Waals surface area contributed by atoms with Crippen LogP contribution in [0.3, 0.4) is 0 Å². The van der Waals surface area contributed by atoms with Gasteiger partial charge in [0.2, 0.25) is 0 Å². The summed E-state index contributed by atoms with van der Waals surface area (Å²) < 4.78 is 0. The number of amides is 2. The molecule has 1 heterocycles. The third kappa shape index (κ3) is 4.03. The predicted molar refractivity (Wildman–Crippen MR) is 116 cm³/mol. The lowest BCUT2D eigenvalue weighted by Crippen LogP contribution is -2.38. The first kappa shape index (κ1) is 19.3. The number of anilines is 1. The van der Waals surface area contributed by atoms with E-state index in [1.807, 2.05) is 36.4 Å².